The van der Waals surface area contributed by atoms with Crippen LogP contribution < -0.4 is 0 Å². The second-order valence-electron chi connectivity index (χ2n) is 33.1. The largest absolute Gasteiger partial charge is 0.456 e. The molecule has 23 aromatic carbocycles. The Morgan fingerprint density at radius 2 is 0.433 bits per heavy atom. The molecule has 0 aliphatic rings. The molecule has 0 atom stereocenters. The molecule has 3 heteroatoms. The van der Waals surface area contributed by atoms with Crippen molar-refractivity contribution < 1.29 is 4.42 Å². The molecule has 0 unspecified atom stereocenters. The molecule has 0 spiro atoms. The van der Waals surface area contributed by atoms with Gasteiger partial charge in [-0.2, -0.15) is 0 Å². The number of hydrogen-bond donors (Lipinski definition) is 0. The fraction of sp³-hybridized carbons (Fsp3) is 0. The number of nitrogens with zero attached hydrogens (tertiary/aromatic N) is 1. The quantitative estimate of drug-likeness (QED) is 0.125. The van der Waals surface area contributed by atoms with Crippen molar-refractivity contribution >= 4 is 151 Å². The standard InChI is InChI=1S/C44H29N.C42H26O.C38H24S/c1-3-14-30(15-4-1)43-36-21-7-9-23-38(36)44(39-24-10-8-22-37(39)43)33-17-13-16-31(28-33)32-26-27-42-40(29-32)35-20-11-12-25-41(35)45(42)34-18-5-2-6-19-34;1-2-10-27(11-3-1)41-34-13-4-6-15-36(34)42(37-16-7-5-14-35(37)41)32-21-20-28-24-29(18-19-30(28)25-32)31-22-23-40-38(26-31)33-12-8-9-17-39(33)43-40;1-2-11-25(12-3-1)37-30-16-4-6-18-32(30)38(33-19-7-5-17-31(33)37)28-14-10-13-26(23-28)27-21-22-36-34(24-27)29-15-8-9-20-35(29)39-36/h1-29H;1-26H;1-24H. The van der Waals surface area contributed by atoms with Gasteiger partial charge in [-0.25, -0.2) is 0 Å². The van der Waals surface area contributed by atoms with E-state index < -0.39 is 0 Å². The summed E-state index contributed by atoms with van der Waals surface area (Å²) < 4.78 is 11.1. The van der Waals surface area contributed by atoms with Gasteiger partial charge in [-0.15, -0.1) is 11.3 Å². The minimum absolute atomic E-state index is 0.924. The Bertz CT molecular complexity index is 8650. The Morgan fingerprint density at radius 3 is 0.906 bits per heavy atom. The number of thiophene rings is 1. The molecule has 0 bridgehead atoms. The Hall–Kier alpha value is -16.3. The van der Waals surface area contributed by atoms with Crippen molar-refractivity contribution in [2.24, 2.45) is 0 Å². The van der Waals surface area contributed by atoms with Crippen molar-refractivity contribution in [1.29, 1.82) is 0 Å². The molecule has 127 heavy (non-hydrogen) atoms. The summed E-state index contributed by atoms with van der Waals surface area (Å²) in [5.74, 6) is 0. The van der Waals surface area contributed by atoms with Gasteiger partial charge in [0.2, 0.25) is 0 Å². The van der Waals surface area contributed by atoms with Gasteiger partial charge in [0.05, 0.1) is 11.0 Å². The van der Waals surface area contributed by atoms with Crippen LogP contribution >= 0.6 is 11.3 Å². The summed E-state index contributed by atoms with van der Waals surface area (Å²) in [5, 5.41) is 25.3. The van der Waals surface area contributed by atoms with Gasteiger partial charge in [-0.05, 0) is 267 Å². The second kappa shape index (κ2) is 31.5. The van der Waals surface area contributed by atoms with E-state index in [2.05, 4.69) is 472 Å². The normalized spacial score (nSPS) is 11.6. The van der Waals surface area contributed by atoms with Gasteiger partial charge in [-0.3, -0.25) is 0 Å². The predicted octanol–water partition coefficient (Wildman–Crippen LogP) is 35.5. The number of fused-ring (bicyclic) bond motifs is 16. The number of aromatic nitrogens is 1. The summed E-state index contributed by atoms with van der Waals surface area (Å²) in [6, 6.07) is 174. The van der Waals surface area contributed by atoms with Crippen LogP contribution in [-0.4, -0.2) is 4.57 Å². The van der Waals surface area contributed by atoms with Crippen molar-refractivity contribution in [1.82, 2.24) is 4.57 Å². The minimum Gasteiger partial charge on any atom is -0.456 e. The fourth-order valence-corrected chi connectivity index (χ4v) is 21.3. The van der Waals surface area contributed by atoms with Gasteiger partial charge in [0.15, 0.2) is 0 Å². The van der Waals surface area contributed by atoms with E-state index in [0.29, 0.717) is 0 Å². The summed E-state index contributed by atoms with van der Waals surface area (Å²) in [6.07, 6.45) is 0. The molecule has 26 aromatic rings. The first-order valence-corrected chi connectivity index (χ1v) is 44.5. The molecule has 3 aromatic heterocycles. The van der Waals surface area contributed by atoms with Gasteiger partial charge in [-0.1, -0.05) is 388 Å². The molecule has 0 N–H and O–H groups in total. The van der Waals surface area contributed by atoms with Crippen molar-refractivity contribution in [3.8, 4) is 106 Å². The molecule has 0 saturated carbocycles. The third-order valence-corrected chi connectivity index (χ3v) is 27.0. The number of para-hydroxylation sites is 3. The summed E-state index contributed by atoms with van der Waals surface area (Å²) >= 11 is 1.87. The Kier molecular flexibility index (Phi) is 18.5. The van der Waals surface area contributed by atoms with Gasteiger partial charge in [0.1, 0.15) is 11.2 Å². The first-order chi connectivity index (χ1) is 63.0. The highest BCUT2D eigenvalue weighted by molar-refractivity contribution is 7.25. The van der Waals surface area contributed by atoms with Gasteiger partial charge < -0.3 is 8.98 Å². The molecule has 2 nitrogen and oxygen atoms in total. The Labute approximate surface area is 739 Å². The van der Waals surface area contributed by atoms with E-state index in [1.165, 1.54) is 223 Å². The van der Waals surface area contributed by atoms with Crippen LogP contribution in [0.1, 0.15) is 0 Å². The lowest BCUT2D eigenvalue weighted by Crippen LogP contribution is -1.93. The van der Waals surface area contributed by atoms with Gasteiger partial charge >= 0.3 is 0 Å². The average molecular weight is 1630 g/mol. The average Bonchev–Trinajstić information content (AvgIpc) is 0.900. The molecular formula is C124H79NOS. The van der Waals surface area contributed by atoms with Crippen molar-refractivity contribution in [3.05, 3.63) is 479 Å². The summed E-state index contributed by atoms with van der Waals surface area (Å²) in [7, 11) is 0. The van der Waals surface area contributed by atoms with E-state index >= 15 is 0 Å². The van der Waals surface area contributed by atoms with Crippen molar-refractivity contribution in [3.63, 3.8) is 0 Å². The van der Waals surface area contributed by atoms with Crippen LogP contribution in [0.15, 0.2) is 484 Å². The van der Waals surface area contributed by atoms with E-state index in [-0.39, 0.29) is 0 Å². The molecule has 0 aliphatic heterocycles. The lowest BCUT2D eigenvalue weighted by atomic mass is 9.85. The van der Waals surface area contributed by atoms with Crippen LogP contribution in [-0.2, 0) is 0 Å². The molecular weight excluding hydrogens is 1550 g/mol. The Balaban J connectivity index is 0.000000107. The first-order valence-electron chi connectivity index (χ1n) is 43.7. The number of furan rings is 1. The second-order valence-corrected chi connectivity index (χ2v) is 34.2. The lowest BCUT2D eigenvalue weighted by Gasteiger charge is -2.18. The zero-order valence-corrected chi connectivity index (χ0v) is 70.2. The van der Waals surface area contributed by atoms with Gasteiger partial charge in [0.25, 0.3) is 0 Å². The third-order valence-electron chi connectivity index (χ3n) is 25.9. The predicted molar refractivity (Wildman–Crippen MR) is 545 cm³/mol. The van der Waals surface area contributed by atoms with E-state index in [1.807, 2.05) is 23.5 Å². The maximum atomic E-state index is 6.06. The van der Waals surface area contributed by atoms with Crippen molar-refractivity contribution in [2.75, 3.05) is 0 Å². The Morgan fingerprint density at radius 1 is 0.150 bits per heavy atom. The molecule has 0 radical (unpaired) electrons. The van der Waals surface area contributed by atoms with Crippen LogP contribution in [0.5, 0.6) is 0 Å². The summed E-state index contributed by atoms with van der Waals surface area (Å²) in [5.41, 5.74) is 28.0. The number of benzene rings is 23. The van der Waals surface area contributed by atoms with Crippen LogP contribution in [0.2, 0.25) is 0 Å². The minimum atomic E-state index is 0.924. The molecule has 3 heterocycles. The van der Waals surface area contributed by atoms with Crippen LogP contribution in [0.25, 0.3) is 245 Å². The fourth-order valence-electron chi connectivity index (χ4n) is 20.2. The SMILES string of the molecule is c1ccc(-c2c3ccccc3c(-c3ccc4cc(-c5ccc6oc7ccccc7c6c5)ccc4c3)c3ccccc23)cc1.c1ccc(-c2c3ccccc3c(-c3cccc(-c4ccc5c(c4)c4ccccc4n5-c4ccccc4)c3)c3ccccc23)cc1.c1ccc(-c2c3ccccc3c(-c3cccc(-c4ccc5sc6ccccc6c5c4)c3)c3ccccc23)cc1. The summed E-state index contributed by atoms with van der Waals surface area (Å²) in [6.45, 7) is 0. The zero-order chi connectivity index (χ0) is 83.8. The van der Waals surface area contributed by atoms with E-state index in [0.717, 1.165) is 21.9 Å². The molecule has 0 saturated heterocycles. The summed E-state index contributed by atoms with van der Waals surface area (Å²) in [4.78, 5) is 0. The maximum absolute atomic E-state index is 6.06. The van der Waals surface area contributed by atoms with E-state index in [1.54, 1.807) is 0 Å². The third kappa shape index (κ3) is 13.1. The monoisotopic (exact) mass is 1630 g/mol. The van der Waals surface area contributed by atoms with Crippen LogP contribution in [0.4, 0.5) is 0 Å². The van der Waals surface area contributed by atoms with Gasteiger partial charge in [0, 0.05) is 47.4 Å². The lowest BCUT2D eigenvalue weighted by molar-refractivity contribution is 0.669. The van der Waals surface area contributed by atoms with E-state index in [4.69, 9.17) is 4.42 Å². The number of hydrogen-bond acceptors (Lipinski definition) is 2. The highest BCUT2D eigenvalue weighted by Gasteiger charge is 2.23. The molecule has 0 aliphatic carbocycles. The molecule has 26 rings (SSSR count). The maximum Gasteiger partial charge on any atom is 0.135 e. The van der Waals surface area contributed by atoms with Crippen molar-refractivity contribution in [2.45, 2.75) is 0 Å². The smallest absolute Gasteiger partial charge is 0.135 e. The topological polar surface area (TPSA) is 18.1 Å². The van der Waals surface area contributed by atoms with Crippen LogP contribution in [0, 0.1) is 0 Å². The van der Waals surface area contributed by atoms with E-state index in [9.17, 15) is 0 Å². The number of rotatable bonds is 10. The molecule has 592 valence electrons. The van der Waals surface area contributed by atoms with Crippen LogP contribution in [0.3, 0.4) is 0 Å². The molecule has 0 fully saturated rings. The molecule has 0 amide bonds. The highest BCUT2D eigenvalue weighted by atomic mass is 32.1. The highest BCUT2D eigenvalue weighted by Crippen LogP contribution is 2.50. The zero-order valence-electron chi connectivity index (χ0n) is 69.4. The first kappa shape index (κ1) is 74.5.